The van der Waals surface area contributed by atoms with Gasteiger partial charge < -0.3 is 24.6 Å². The summed E-state index contributed by atoms with van der Waals surface area (Å²) in [6, 6.07) is 12.2. The molecule has 0 spiro atoms. The Balaban J connectivity index is 1.73. The maximum Gasteiger partial charge on any atom is 0.410 e. The lowest BCUT2D eigenvalue weighted by molar-refractivity contribution is -0.386. The zero-order chi connectivity index (χ0) is 24.4. The Morgan fingerprint density at radius 2 is 1.82 bits per heavy atom. The first-order chi connectivity index (χ1) is 15.6. The van der Waals surface area contributed by atoms with Gasteiger partial charge >= 0.3 is 17.7 Å². The zero-order valence-electron chi connectivity index (χ0n) is 17.3. The van der Waals surface area contributed by atoms with Crippen LogP contribution in [0.5, 0.6) is 5.75 Å². The van der Waals surface area contributed by atoms with E-state index < -0.39 is 60.1 Å². The molecule has 13 heteroatoms. The Bertz CT molecular complexity index is 1030. The van der Waals surface area contributed by atoms with Crippen LogP contribution in [0.25, 0.3) is 0 Å². The van der Waals surface area contributed by atoms with Crippen molar-refractivity contribution in [1.82, 2.24) is 5.32 Å². The molecule has 0 aromatic heterocycles. The minimum atomic E-state index is -4.34. The second kappa shape index (κ2) is 12.0. The summed E-state index contributed by atoms with van der Waals surface area (Å²) < 4.78 is 22.1. The van der Waals surface area contributed by atoms with Gasteiger partial charge in [-0.3, -0.25) is 24.8 Å². The van der Waals surface area contributed by atoms with Crippen LogP contribution in [-0.4, -0.2) is 45.0 Å². The van der Waals surface area contributed by atoms with Gasteiger partial charge in [-0.1, -0.05) is 42.5 Å². The molecule has 0 bridgehead atoms. The summed E-state index contributed by atoms with van der Waals surface area (Å²) in [4.78, 5) is 43.4. The number of rotatable bonds is 11. The number of aliphatic hydroxyl groups excluding tert-OH is 1. The number of phenolic OH excluding ortho intramolecular Hbond substituents is 1. The van der Waals surface area contributed by atoms with Crippen molar-refractivity contribution >= 4 is 25.1 Å². The Kier molecular flexibility index (Phi) is 9.34. The van der Waals surface area contributed by atoms with E-state index in [1.165, 1.54) is 0 Å². The van der Waals surface area contributed by atoms with Crippen LogP contribution in [0.2, 0.25) is 0 Å². The lowest BCUT2D eigenvalue weighted by atomic mass is 10.2. The normalized spacial score (nSPS) is 13.4. The van der Waals surface area contributed by atoms with E-state index in [1.54, 1.807) is 24.3 Å². The molecule has 178 valence electrons. The van der Waals surface area contributed by atoms with Gasteiger partial charge in [0.05, 0.1) is 4.92 Å². The van der Waals surface area contributed by atoms with Crippen molar-refractivity contribution < 1.29 is 43.7 Å². The maximum absolute atomic E-state index is 12.4. The number of ether oxygens (including phenoxy) is 2. The number of benzene rings is 2. The van der Waals surface area contributed by atoms with Crippen molar-refractivity contribution in [2.75, 3.05) is 12.9 Å². The second-order valence-corrected chi connectivity index (χ2v) is 9.28. The van der Waals surface area contributed by atoms with Gasteiger partial charge in [-0.25, -0.2) is 4.79 Å². The summed E-state index contributed by atoms with van der Waals surface area (Å²) in [7, 11) is -4.34. The molecule has 0 heterocycles. The van der Waals surface area contributed by atoms with Gasteiger partial charge in [0, 0.05) is 24.2 Å². The minimum absolute atomic E-state index is 0.0366. The predicted octanol–water partition coefficient (Wildman–Crippen LogP) is 2.77. The number of carbonyl (C=O) groups is 2. The molecule has 0 aliphatic heterocycles. The van der Waals surface area contributed by atoms with Gasteiger partial charge in [-0.2, -0.15) is 0 Å². The number of nitrogens with one attached hydrogen (secondary N) is 1. The zero-order valence-corrected chi connectivity index (χ0v) is 18.2. The van der Waals surface area contributed by atoms with E-state index in [4.69, 9.17) is 9.47 Å². The van der Waals surface area contributed by atoms with Crippen LogP contribution in [0.1, 0.15) is 29.8 Å². The van der Waals surface area contributed by atoms with Crippen LogP contribution in [0, 0.1) is 10.1 Å². The molecule has 2 aromatic carbocycles. The van der Waals surface area contributed by atoms with Crippen molar-refractivity contribution in [2.24, 2.45) is 0 Å². The fraction of sp³-hybridized carbons (Fsp3) is 0.300. The SMILES string of the molecule is O=C(CCCP(=O)(O)[C@H](O)c1cccc([N+](=O)[O-])c1O)OCNC(=O)OCc1ccccc1. The average molecular weight is 482 g/mol. The van der Waals surface area contributed by atoms with Crippen molar-refractivity contribution in [3.05, 3.63) is 69.8 Å². The molecule has 4 N–H and O–H groups in total. The van der Waals surface area contributed by atoms with Gasteiger partial charge in [0.25, 0.3) is 0 Å². The van der Waals surface area contributed by atoms with E-state index in [2.05, 4.69) is 5.32 Å². The summed E-state index contributed by atoms with van der Waals surface area (Å²) in [5.41, 5.74) is -0.403. The van der Waals surface area contributed by atoms with Gasteiger partial charge in [-0.05, 0) is 12.0 Å². The van der Waals surface area contributed by atoms with Crippen LogP contribution in [0.15, 0.2) is 48.5 Å². The molecule has 0 fully saturated rings. The van der Waals surface area contributed by atoms with Gasteiger partial charge in [0.1, 0.15) is 6.61 Å². The van der Waals surface area contributed by atoms with E-state index in [-0.39, 0.29) is 19.4 Å². The number of aromatic hydroxyl groups is 1. The predicted molar refractivity (Wildman–Crippen MR) is 114 cm³/mol. The van der Waals surface area contributed by atoms with Gasteiger partial charge in [0.15, 0.2) is 12.6 Å². The van der Waals surface area contributed by atoms with E-state index in [1.807, 2.05) is 6.07 Å². The first kappa shape index (κ1) is 25.8. The molecule has 1 unspecified atom stereocenters. The summed E-state index contributed by atoms with van der Waals surface area (Å²) in [6.45, 7) is -0.428. The van der Waals surface area contributed by atoms with E-state index >= 15 is 0 Å². The van der Waals surface area contributed by atoms with E-state index in [0.29, 0.717) is 0 Å². The molecule has 0 saturated carbocycles. The number of carbonyl (C=O) groups excluding carboxylic acids is 2. The molecule has 12 nitrogen and oxygen atoms in total. The lowest BCUT2D eigenvalue weighted by Gasteiger charge is -2.19. The van der Waals surface area contributed by atoms with Crippen molar-refractivity contribution in [1.29, 1.82) is 0 Å². The molecule has 33 heavy (non-hydrogen) atoms. The summed E-state index contributed by atoms with van der Waals surface area (Å²) >= 11 is 0. The third-order valence-electron chi connectivity index (χ3n) is 4.42. The first-order valence-electron chi connectivity index (χ1n) is 9.68. The summed E-state index contributed by atoms with van der Waals surface area (Å²) in [5.74, 6) is -3.76. The number of amides is 1. The molecule has 2 rings (SSSR count). The molecule has 0 aliphatic carbocycles. The topological polar surface area (TPSA) is 186 Å². The highest BCUT2D eigenvalue weighted by molar-refractivity contribution is 7.58. The van der Waals surface area contributed by atoms with E-state index in [0.717, 1.165) is 23.8 Å². The van der Waals surface area contributed by atoms with Crippen molar-refractivity contribution in [3.8, 4) is 5.75 Å². The number of nitrogens with zero attached hydrogens (tertiary/aromatic N) is 1. The largest absolute Gasteiger partial charge is 0.502 e. The summed E-state index contributed by atoms with van der Waals surface area (Å²) in [5, 5.41) is 33.2. The fourth-order valence-electron chi connectivity index (χ4n) is 2.72. The van der Waals surface area contributed by atoms with E-state index in [9.17, 15) is 39.4 Å². The number of nitro benzene ring substituents is 1. The number of phenols is 1. The number of aliphatic hydroxyl groups is 1. The Morgan fingerprint density at radius 1 is 1.12 bits per heavy atom. The van der Waals surface area contributed by atoms with Crippen molar-refractivity contribution in [3.63, 3.8) is 0 Å². The first-order valence-corrected chi connectivity index (χ1v) is 11.6. The number of hydrogen-bond donors (Lipinski definition) is 4. The third kappa shape index (κ3) is 7.86. The second-order valence-electron chi connectivity index (χ2n) is 6.83. The molecule has 1 amide bonds. The third-order valence-corrected chi connectivity index (χ3v) is 6.42. The number of hydrogen-bond acceptors (Lipinski definition) is 9. The molecule has 0 aliphatic rings. The molecular formula is C20H23N2O10P. The number of para-hydroxylation sites is 1. The van der Waals surface area contributed by atoms with Crippen LogP contribution in [0.3, 0.4) is 0 Å². The molecule has 0 radical (unpaired) electrons. The smallest absolute Gasteiger partial charge is 0.410 e. The summed E-state index contributed by atoms with van der Waals surface area (Å²) in [6.07, 6.45) is -1.76. The maximum atomic E-state index is 12.4. The molecule has 0 saturated heterocycles. The van der Waals surface area contributed by atoms with Crippen LogP contribution < -0.4 is 5.32 Å². The van der Waals surface area contributed by atoms with Gasteiger partial charge in [0.2, 0.25) is 13.1 Å². The molecular weight excluding hydrogens is 459 g/mol. The van der Waals surface area contributed by atoms with Gasteiger partial charge in [-0.15, -0.1) is 0 Å². The Morgan fingerprint density at radius 3 is 2.48 bits per heavy atom. The number of nitro groups is 1. The lowest BCUT2D eigenvalue weighted by Crippen LogP contribution is -2.28. The molecule has 2 atom stereocenters. The Labute approximate surface area is 188 Å². The van der Waals surface area contributed by atoms with Crippen LogP contribution in [-0.2, 0) is 25.4 Å². The van der Waals surface area contributed by atoms with Crippen LogP contribution >= 0.6 is 7.37 Å². The highest BCUT2D eigenvalue weighted by Crippen LogP contribution is 2.56. The average Bonchev–Trinajstić information content (AvgIpc) is 2.77. The quantitative estimate of drug-likeness (QED) is 0.122. The Hall–Kier alpha value is -3.47. The highest BCUT2D eigenvalue weighted by atomic mass is 31.2. The van der Waals surface area contributed by atoms with Crippen LogP contribution in [0.4, 0.5) is 10.5 Å². The highest BCUT2D eigenvalue weighted by Gasteiger charge is 2.34. The molecule has 2 aromatic rings. The fourth-order valence-corrected chi connectivity index (χ4v) is 4.21. The minimum Gasteiger partial charge on any atom is -0.502 e. The number of alkyl carbamates (subject to hydrolysis) is 1. The number of esters is 1. The monoisotopic (exact) mass is 482 g/mol. The standard InChI is InChI=1S/C20H23N2O10P/c23-17(32-13-21-20(26)31-12-14-6-2-1-3-7-14)10-5-11-33(29,30)19(25)15-8-4-9-16(18(15)24)22(27)28/h1-4,6-9,19,24-25H,5,10-13H2,(H,21,26)(H,29,30)/t19-/m0/s1. The van der Waals surface area contributed by atoms with Crippen molar-refractivity contribution in [2.45, 2.75) is 25.3 Å².